The summed E-state index contributed by atoms with van der Waals surface area (Å²) in [6, 6.07) is 7.40. The maximum Gasteiger partial charge on any atom is 0.276 e. The average molecular weight is 370 g/mol. The minimum Gasteiger partial charge on any atom is -0.337 e. The number of piperidine rings is 1. The zero-order valence-electron chi connectivity index (χ0n) is 13.6. The highest BCUT2D eigenvalue weighted by atomic mass is 35.5. The van der Waals surface area contributed by atoms with Crippen molar-refractivity contribution in [2.24, 2.45) is 11.1 Å². The highest BCUT2D eigenvalue weighted by Crippen LogP contribution is 2.28. The van der Waals surface area contributed by atoms with Gasteiger partial charge >= 0.3 is 0 Å². The fraction of sp³-hybridized carbons (Fsp3) is 0.438. The number of likely N-dealkylation sites (tertiary alicyclic amines) is 1. The topological polar surface area (TPSA) is 77.0 Å². The normalized spacial score (nSPS) is 19.7. The van der Waals surface area contributed by atoms with Gasteiger partial charge in [0.25, 0.3) is 5.91 Å². The smallest absolute Gasteiger partial charge is 0.276 e. The van der Waals surface area contributed by atoms with Crippen LogP contribution in [0.25, 0.3) is 5.69 Å². The summed E-state index contributed by atoms with van der Waals surface area (Å²) in [5.74, 6) is -0.122. The molecule has 130 valence electrons. The molecule has 0 bridgehead atoms. The van der Waals surface area contributed by atoms with Crippen molar-refractivity contribution in [3.8, 4) is 5.69 Å². The molecule has 2 N–H and O–H groups in total. The summed E-state index contributed by atoms with van der Waals surface area (Å²) in [6.07, 6.45) is 2.41. The van der Waals surface area contributed by atoms with Crippen LogP contribution in [0.1, 0.15) is 30.8 Å². The number of nitrogens with two attached hydrogens (primary N) is 1. The molecule has 6 nitrogen and oxygen atoms in total. The molecular formula is C16H21Cl2N5O. The Bertz CT molecular complexity index is 731. The second-order valence-electron chi connectivity index (χ2n) is 6.61. The lowest BCUT2D eigenvalue weighted by molar-refractivity contribution is 0.0527. The Hall–Kier alpha value is -1.63. The quantitative estimate of drug-likeness (QED) is 0.882. The van der Waals surface area contributed by atoms with Gasteiger partial charge < -0.3 is 10.6 Å². The van der Waals surface area contributed by atoms with Crippen LogP contribution < -0.4 is 5.73 Å². The van der Waals surface area contributed by atoms with E-state index in [1.807, 2.05) is 18.2 Å². The molecule has 1 amide bonds. The molecule has 1 aromatic heterocycles. The van der Waals surface area contributed by atoms with Gasteiger partial charge in [0.1, 0.15) is 0 Å². The number of rotatable bonds is 2. The Morgan fingerprint density at radius 3 is 2.75 bits per heavy atom. The second kappa shape index (κ2) is 7.09. The average Bonchev–Trinajstić information content (AvgIpc) is 2.99. The molecule has 3 rings (SSSR count). The van der Waals surface area contributed by atoms with E-state index in [2.05, 4.69) is 24.2 Å². The van der Waals surface area contributed by atoms with E-state index in [-0.39, 0.29) is 29.8 Å². The van der Waals surface area contributed by atoms with Crippen LogP contribution in [0.4, 0.5) is 0 Å². The third-order valence-corrected chi connectivity index (χ3v) is 4.73. The monoisotopic (exact) mass is 369 g/mol. The summed E-state index contributed by atoms with van der Waals surface area (Å²) < 4.78 is 1.52. The minimum atomic E-state index is -0.122. The fourth-order valence-electron chi connectivity index (χ4n) is 2.83. The Kier molecular flexibility index (Phi) is 5.52. The molecule has 0 radical (unpaired) electrons. The summed E-state index contributed by atoms with van der Waals surface area (Å²) in [6.45, 7) is 5.42. The fourth-order valence-corrected chi connectivity index (χ4v) is 3.05. The van der Waals surface area contributed by atoms with Gasteiger partial charge in [-0.15, -0.1) is 17.5 Å². The molecule has 0 aliphatic carbocycles. The lowest BCUT2D eigenvalue weighted by Gasteiger charge is -2.42. The molecule has 1 aliphatic heterocycles. The van der Waals surface area contributed by atoms with Crippen LogP contribution in [-0.2, 0) is 0 Å². The highest BCUT2D eigenvalue weighted by molar-refractivity contribution is 6.32. The van der Waals surface area contributed by atoms with Gasteiger partial charge in [0.2, 0.25) is 0 Å². The second-order valence-corrected chi connectivity index (χ2v) is 7.02. The van der Waals surface area contributed by atoms with Gasteiger partial charge in [-0.1, -0.05) is 42.8 Å². The van der Waals surface area contributed by atoms with Crippen molar-refractivity contribution in [3.05, 3.63) is 41.2 Å². The predicted molar refractivity (Wildman–Crippen MR) is 95.9 cm³/mol. The number of carbonyl (C=O) groups excluding carboxylic acids is 1. The van der Waals surface area contributed by atoms with E-state index in [1.165, 1.54) is 4.68 Å². The Morgan fingerprint density at radius 2 is 2.08 bits per heavy atom. The number of hydrogen-bond acceptors (Lipinski definition) is 4. The molecule has 0 saturated carbocycles. The van der Waals surface area contributed by atoms with Crippen molar-refractivity contribution in [1.29, 1.82) is 0 Å². The molecular weight excluding hydrogens is 349 g/mol. The molecule has 1 fully saturated rings. The molecule has 2 aromatic rings. The zero-order valence-corrected chi connectivity index (χ0v) is 15.2. The number of para-hydroxylation sites is 1. The molecule has 1 atom stereocenters. The molecule has 1 unspecified atom stereocenters. The van der Waals surface area contributed by atoms with E-state index in [1.54, 1.807) is 17.2 Å². The van der Waals surface area contributed by atoms with Gasteiger partial charge in [-0.05, 0) is 24.0 Å². The number of hydrogen-bond donors (Lipinski definition) is 1. The third kappa shape index (κ3) is 3.55. The van der Waals surface area contributed by atoms with Crippen molar-refractivity contribution in [2.45, 2.75) is 26.3 Å². The summed E-state index contributed by atoms with van der Waals surface area (Å²) in [5, 5.41) is 8.59. The molecule has 8 heteroatoms. The van der Waals surface area contributed by atoms with Crippen molar-refractivity contribution >= 4 is 29.9 Å². The Morgan fingerprint density at radius 1 is 1.38 bits per heavy atom. The van der Waals surface area contributed by atoms with Crippen LogP contribution in [0.15, 0.2) is 30.5 Å². The van der Waals surface area contributed by atoms with Crippen LogP contribution in [0.5, 0.6) is 0 Å². The predicted octanol–water partition coefficient (Wildman–Crippen LogP) is 2.54. The molecule has 1 aromatic carbocycles. The van der Waals surface area contributed by atoms with E-state index < -0.39 is 0 Å². The largest absolute Gasteiger partial charge is 0.337 e. The number of aromatic nitrogens is 3. The van der Waals surface area contributed by atoms with Gasteiger partial charge in [-0.3, -0.25) is 4.79 Å². The summed E-state index contributed by atoms with van der Waals surface area (Å²) in [5.41, 5.74) is 7.03. The van der Waals surface area contributed by atoms with Crippen LogP contribution >= 0.6 is 24.0 Å². The zero-order chi connectivity index (χ0) is 16.6. The Balaban J connectivity index is 0.00000208. The lowest BCUT2D eigenvalue weighted by atomic mass is 9.79. The first-order valence-corrected chi connectivity index (χ1v) is 7.98. The van der Waals surface area contributed by atoms with Crippen molar-refractivity contribution < 1.29 is 4.79 Å². The van der Waals surface area contributed by atoms with Gasteiger partial charge in [-0.2, -0.15) is 0 Å². The van der Waals surface area contributed by atoms with Crippen molar-refractivity contribution in [3.63, 3.8) is 0 Å². The Labute approximate surface area is 152 Å². The maximum atomic E-state index is 12.7. The lowest BCUT2D eigenvalue weighted by Crippen LogP contribution is -2.54. The number of carbonyl (C=O) groups is 1. The van der Waals surface area contributed by atoms with Gasteiger partial charge in [-0.25, -0.2) is 4.68 Å². The molecule has 0 spiro atoms. The summed E-state index contributed by atoms with van der Waals surface area (Å²) in [7, 11) is 0. The first kappa shape index (κ1) is 18.7. The SMILES string of the molecule is CC1(C)CN(C(=O)c2cn(-c3ccccc3Cl)nn2)CCC1N.Cl. The van der Waals surface area contributed by atoms with Gasteiger partial charge in [0.15, 0.2) is 5.69 Å². The molecule has 2 heterocycles. The number of benzene rings is 1. The minimum absolute atomic E-state index is 0. The first-order valence-electron chi connectivity index (χ1n) is 7.60. The summed E-state index contributed by atoms with van der Waals surface area (Å²) >= 11 is 6.15. The van der Waals surface area contributed by atoms with Crippen molar-refractivity contribution in [1.82, 2.24) is 19.9 Å². The number of amides is 1. The third-order valence-electron chi connectivity index (χ3n) is 4.41. The van der Waals surface area contributed by atoms with Crippen molar-refractivity contribution in [2.75, 3.05) is 13.1 Å². The molecule has 1 saturated heterocycles. The van der Waals surface area contributed by atoms with Crippen LogP contribution in [0.3, 0.4) is 0 Å². The van der Waals surface area contributed by atoms with Gasteiger partial charge in [0.05, 0.1) is 16.9 Å². The summed E-state index contributed by atoms with van der Waals surface area (Å²) in [4.78, 5) is 14.5. The van der Waals surface area contributed by atoms with E-state index in [0.29, 0.717) is 29.5 Å². The first-order chi connectivity index (χ1) is 10.9. The highest BCUT2D eigenvalue weighted by Gasteiger charge is 2.36. The standard InChI is InChI=1S/C16H20ClN5O.ClH/c1-16(2)10-21(8-7-14(16)18)15(23)12-9-22(20-19-12)13-6-4-3-5-11(13)17;/h3-6,9,14H,7-8,10,18H2,1-2H3;1H. The maximum absolute atomic E-state index is 12.7. The van der Waals surface area contributed by atoms with Crippen LogP contribution in [0.2, 0.25) is 5.02 Å². The molecule has 1 aliphatic rings. The molecule has 24 heavy (non-hydrogen) atoms. The van der Waals surface area contributed by atoms with Gasteiger partial charge in [0, 0.05) is 19.1 Å². The number of nitrogens with zero attached hydrogens (tertiary/aromatic N) is 4. The van der Waals surface area contributed by atoms with Crippen LogP contribution in [0, 0.1) is 5.41 Å². The van der Waals surface area contributed by atoms with E-state index in [9.17, 15) is 4.79 Å². The van der Waals surface area contributed by atoms with E-state index in [4.69, 9.17) is 17.3 Å². The van der Waals surface area contributed by atoms with Crippen LogP contribution in [-0.4, -0.2) is 44.9 Å². The number of halogens is 2. The van der Waals surface area contributed by atoms with E-state index in [0.717, 1.165) is 6.42 Å². The van der Waals surface area contributed by atoms with E-state index >= 15 is 0 Å².